The first-order chi connectivity index (χ1) is 0. The minimum atomic E-state index is 0. The van der Waals surface area contributed by atoms with Gasteiger partial charge in [-0.25, -0.2) is 0 Å². The van der Waals surface area contributed by atoms with Gasteiger partial charge < -0.3 is 12.9 Å². The smallest absolute Gasteiger partial charge is 0 e. The molecule has 0 saturated carbocycles. The van der Waals surface area contributed by atoms with Crippen molar-refractivity contribution in [2.75, 3.05) is 0 Å². The third-order valence-electron chi connectivity index (χ3n) is 0. The molecule has 0 bridgehead atoms. The summed E-state index contributed by atoms with van der Waals surface area (Å²) in [5.41, 5.74) is 0. The molecule has 0 saturated heterocycles. The molecule has 6 heteroatoms. The van der Waals surface area contributed by atoms with Crippen molar-refractivity contribution in [3.8, 4) is 0 Å². The molecule has 0 aromatic carbocycles. The van der Waals surface area contributed by atoms with E-state index in [9.17, 15) is 0 Å². The van der Waals surface area contributed by atoms with Gasteiger partial charge in [0.15, 0.2) is 0 Å². The molecule has 5 radical (unpaired) electrons. The molecule has 7 heavy (non-hydrogen) atoms. The molecule has 31 valence electrons. The monoisotopic (exact) mass is 478 g/mol. The van der Waals surface area contributed by atoms with Gasteiger partial charge in [-0.15, -0.1) is 0 Å². The predicted octanol–water partition coefficient (Wildman–Crippen LogP) is -0.387. The van der Waals surface area contributed by atoms with Crippen LogP contribution in [0.1, 0.15) is 0 Å². The summed E-state index contributed by atoms with van der Waals surface area (Å²) in [6.07, 6.45) is 0. The second-order valence-electron chi connectivity index (χ2n) is 0. The fourth-order valence-corrected chi connectivity index (χ4v) is 0. The van der Waals surface area contributed by atoms with Crippen molar-refractivity contribution >= 4 is 0 Å². The van der Waals surface area contributed by atoms with Crippen LogP contribution in [-0.2, 0) is 164 Å². The van der Waals surface area contributed by atoms with Crippen LogP contribution < -0.4 is 0 Å². The van der Waals surface area contributed by atoms with Crippen molar-refractivity contribution in [2.45, 2.75) is 0 Å². The molecule has 0 spiro atoms. The van der Waals surface area contributed by atoms with Gasteiger partial charge in [0.2, 0.25) is 0 Å². The van der Waals surface area contributed by atoms with E-state index < -0.39 is 0 Å². The Morgan fingerprint density at radius 3 is 0.429 bits per heavy atom. The van der Waals surface area contributed by atoms with E-state index in [-0.39, 0.29) is 176 Å². The zero-order valence-electron chi connectivity index (χ0n) is 4.39. The fraction of sp³-hybridized carbons (Fsp3) is 0. The molecule has 0 aliphatic rings. The van der Waals surface area contributed by atoms with Crippen molar-refractivity contribution in [1.82, 2.24) is 0 Å². The van der Waals surface area contributed by atoms with Crippen LogP contribution in [0.2, 0.25) is 0 Å². The van der Waals surface area contributed by atoms with Gasteiger partial charge in [-0.2, -0.15) is 0 Å². The maximum absolute atomic E-state index is 0. The molecular weight excluding hydrogens is 473 g/mol. The van der Waals surface area contributed by atoms with E-state index in [0.29, 0.717) is 0 Å². The van der Waals surface area contributed by atoms with Crippen LogP contribution in [0.4, 0.5) is 0 Å². The largest absolute Gasteiger partial charge is 0.412 e. The van der Waals surface area contributed by atoms with Crippen LogP contribution in [0.5, 0.6) is 0 Å². The SMILES string of the molecule is O.[CH3-].[Y].[Y].[Y].[Y].[Y]. The van der Waals surface area contributed by atoms with Gasteiger partial charge in [-0.3, -0.25) is 0 Å². The third kappa shape index (κ3) is 34.4. The molecule has 0 aromatic heterocycles. The minimum absolute atomic E-state index is 0. The van der Waals surface area contributed by atoms with Crippen LogP contribution in [0.15, 0.2) is 0 Å². The number of hydrogen-bond acceptors (Lipinski definition) is 0. The summed E-state index contributed by atoms with van der Waals surface area (Å²) in [5, 5.41) is 0. The van der Waals surface area contributed by atoms with E-state index in [4.69, 9.17) is 0 Å². The first-order valence-corrected chi connectivity index (χ1v) is 0. The Morgan fingerprint density at radius 1 is 0.429 bits per heavy atom. The summed E-state index contributed by atoms with van der Waals surface area (Å²) < 4.78 is 0. The predicted molar refractivity (Wildman–Crippen MR) is 10.0 cm³/mol. The topological polar surface area (TPSA) is 31.5 Å². The third-order valence-corrected chi connectivity index (χ3v) is 0. The van der Waals surface area contributed by atoms with Crippen LogP contribution >= 0.6 is 0 Å². The molecule has 0 fully saturated rings. The Morgan fingerprint density at radius 2 is 0.429 bits per heavy atom. The van der Waals surface area contributed by atoms with E-state index in [1.165, 1.54) is 0 Å². The maximum Gasteiger partial charge on any atom is 0 e. The van der Waals surface area contributed by atoms with Crippen LogP contribution in [-0.4, -0.2) is 5.48 Å². The Bertz CT molecular complexity index is 8.04. The van der Waals surface area contributed by atoms with Gasteiger partial charge in [0.05, 0.1) is 0 Å². The van der Waals surface area contributed by atoms with E-state index in [1.54, 1.807) is 0 Å². The Balaban J connectivity index is 0. The van der Waals surface area contributed by atoms with E-state index >= 15 is 0 Å². The molecule has 0 amide bonds. The second kappa shape index (κ2) is 42.0. The summed E-state index contributed by atoms with van der Waals surface area (Å²) >= 11 is 0. The van der Waals surface area contributed by atoms with Gasteiger partial charge in [0.25, 0.3) is 0 Å². The zero-order valence-corrected chi connectivity index (χ0v) is 18.6. The van der Waals surface area contributed by atoms with Crippen molar-refractivity contribution in [3.05, 3.63) is 7.43 Å². The molecule has 1 nitrogen and oxygen atoms in total. The van der Waals surface area contributed by atoms with Crippen LogP contribution in [0, 0.1) is 7.43 Å². The summed E-state index contributed by atoms with van der Waals surface area (Å²) in [6.45, 7) is 0. The Labute approximate surface area is 171 Å². The van der Waals surface area contributed by atoms with Gasteiger partial charge >= 0.3 is 0 Å². The molecule has 0 unspecified atom stereocenters. The van der Waals surface area contributed by atoms with Gasteiger partial charge in [-0.05, 0) is 0 Å². The molecule has 0 rings (SSSR count). The van der Waals surface area contributed by atoms with Crippen molar-refractivity contribution < 1.29 is 169 Å². The first-order valence-electron chi connectivity index (χ1n) is 0. The number of rotatable bonds is 0. The van der Waals surface area contributed by atoms with Gasteiger partial charge in [0, 0.05) is 164 Å². The normalized spacial score (nSPS) is 0. The standard InChI is InChI=1S/CH3.H2O.5Y/h1H3;1H2;;;;;/q-1;;;;;;. The Kier molecular flexibility index (Phi) is 329. The molecule has 0 atom stereocenters. The quantitative estimate of drug-likeness (QED) is 0.426. The van der Waals surface area contributed by atoms with Crippen molar-refractivity contribution in [2.24, 2.45) is 0 Å². The molecule has 2 N–H and O–H groups in total. The maximum atomic E-state index is 0. The average Bonchev–Trinajstić information content (AvgIpc) is 0. The molecule has 0 heterocycles. The fourth-order valence-electron chi connectivity index (χ4n) is 0. The molecule has 0 aromatic rings. The van der Waals surface area contributed by atoms with Gasteiger partial charge in [0.1, 0.15) is 0 Å². The second-order valence-corrected chi connectivity index (χ2v) is 0. The van der Waals surface area contributed by atoms with Gasteiger partial charge in [-0.1, -0.05) is 0 Å². The van der Waals surface area contributed by atoms with E-state index in [2.05, 4.69) is 0 Å². The summed E-state index contributed by atoms with van der Waals surface area (Å²) in [7, 11) is 0. The van der Waals surface area contributed by atoms with E-state index in [0.717, 1.165) is 0 Å². The average molecular weight is 478 g/mol. The summed E-state index contributed by atoms with van der Waals surface area (Å²) in [4.78, 5) is 0. The summed E-state index contributed by atoms with van der Waals surface area (Å²) in [6, 6.07) is 0. The van der Waals surface area contributed by atoms with Crippen molar-refractivity contribution in [3.63, 3.8) is 0 Å². The summed E-state index contributed by atoms with van der Waals surface area (Å²) in [5.74, 6) is 0. The zero-order chi connectivity index (χ0) is 0. The molecular formula is CH5OY5-. The van der Waals surface area contributed by atoms with Crippen LogP contribution in [0.25, 0.3) is 0 Å². The minimum Gasteiger partial charge on any atom is -0.412 e. The van der Waals surface area contributed by atoms with Crippen LogP contribution in [0.3, 0.4) is 0 Å². The Hall–Kier alpha value is 5.48. The van der Waals surface area contributed by atoms with E-state index in [1.807, 2.05) is 0 Å². The van der Waals surface area contributed by atoms with Crippen molar-refractivity contribution in [1.29, 1.82) is 0 Å². The number of hydrogen-bond donors (Lipinski definition) is 0. The molecule has 0 aliphatic heterocycles. The first kappa shape index (κ1) is 54.8. The molecule has 0 aliphatic carbocycles.